The van der Waals surface area contributed by atoms with Crippen molar-refractivity contribution < 1.29 is 4.79 Å². The van der Waals surface area contributed by atoms with Crippen molar-refractivity contribution in [2.24, 2.45) is 0 Å². The third-order valence-corrected chi connectivity index (χ3v) is 5.13. The Morgan fingerprint density at radius 2 is 1.47 bits per heavy atom. The van der Waals surface area contributed by atoms with Crippen molar-refractivity contribution in [1.82, 2.24) is 14.7 Å². The van der Waals surface area contributed by atoms with Crippen molar-refractivity contribution >= 4 is 17.4 Å². The fraction of sp³-hybridized carbons (Fsp3) is 0.458. The monoisotopic (exact) mass is 411 g/mol. The molecule has 6 heteroatoms. The highest BCUT2D eigenvalue weighted by molar-refractivity contribution is 5.93. The van der Waals surface area contributed by atoms with Gasteiger partial charge in [-0.2, -0.15) is 0 Å². The van der Waals surface area contributed by atoms with Crippen LogP contribution in [0.5, 0.6) is 0 Å². The van der Waals surface area contributed by atoms with E-state index in [1.807, 2.05) is 56.6 Å². The molecular weight excluding hydrogens is 374 g/mol. The molecule has 0 saturated heterocycles. The average Bonchev–Trinajstić information content (AvgIpc) is 2.73. The first-order valence-corrected chi connectivity index (χ1v) is 10.6. The number of benzene rings is 2. The maximum atomic E-state index is 12.7. The SMILES string of the molecule is CN(C)CCN(C)CCCN(C)C(=O)Nc1ccccc1N(C)Cc1ccccc1. The molecule has 0 aliphatic carbocycles. The molecule has 1 N–H and O–H groups in total. The molecule has 0 aromatic heterocycles. The van der Waals surface area contributed by atoms with Crippen LogP contribution in [0.1, 0.15) is 12.0 Å². The number of anilines is 2. The average molecular weight is 412 g/mol. The third-order valence-electron chi connectivity index (χ3n) is 5.13. The van der Waals surface area contributed by atoms with Gasteiger partial charge in [0.15, 0.2) is 0 Å². The van der Waals surface area contributed by atoms with Gasteiger partial charge in [0.2, 0.25) is 0 Å². The van der Waals surface area contributed by atoms with Gasteiger partial charge in [-0.05, 0) is 51.8 Å². The van der Waals surface area contributed by atoms with E-state index in [0.29, 0.717) is 0 Å². The van der Waals surface area contributed by atoms with E-state index in [4.69, 9.17) is 0 Å². The van der Waals surface area contributed by atoms with Gasteiger partial charge >= 0.3 is 6.03 Å². The van der Waals surface area contributed by atoms with E-state index in [9.17, 15) is 4.79 Å². The standard InChI is InChI=1S/C24H37N5O/c1-26(2)18-19-27(3)16-11-17-28(4)24(30)25-22-14-9-10-15-23(22)29(5)20-21-12-7-6-8-13-21/h6-10,12-15H,11,16-20H2,1-5H3,(H,25,30). The summed E-state index contributed by atoms with van der Waals surface area (Å²) in [6.07, 6.45) is 0.948. The lowest BCUT2D eigenvalue weighted by Crippen LogP contribution is -2.35. The largest absolute Gasteiger partial charge is 0.369 e. The Hall–Kier alpha value is -2.57. The van der Waals surface area contributed by atoms with Crippen LogP contribution in [0.2, 0.25) is 0 Å². The summed E-state index contributed by atoms with van der Waals surface area (Å²) >= 11 is 0. The van der Waals surface area contributed by atoms with Crippen LogP contribution in [0.25, 0.3) is 0 Å². The van der Waals surface area contributed by atoms with Crippen molar-refractivity contribution in [3.05, 3.63) is 60.2 Å². The summed E-state index contributed by atoms with van der Waals surface area (Å²) in [4.78, 5) is 21.1. The zero-order chi connectivity index (χ0) is 21.9. The van der Waals surface area contributed by atoms with Crippen LogP contribution in [-0.4, -0.2) is 82.1 Å². The van der Waals surface area contributed by atoms with Crippen LogP contribution < -0.4 is 10.2 Å². The van der Waals surface area contributed by atoms with Gasteiger partial charge in [0.1, 0.15) is 0 Å². The van der Waals surface area contributed by atoms with E-state index in [0.717, 1.165) is 50.5 Å². The van der Waals surface area contributed by atoms with Crippen LogP contribution in [0, 0.1) is 0 Å². The normalized spacial score (nSPS) is 11.0. The van der Waals surface area contributed by atoms with Gasteiger partial charge in [0.05, 0.1) is 11.4 Å². The summed E-state index contributed by atoms with van der Waals surface area (Å²) in [5.74, 6) is 0. The Morgan fingerprint density at radius 1 is 0.800 bits per heavy atom. The number of para-hydroxylation sites is 2. The van der Waals surface area contributed by atoms with Gasteiger partial charge in [0, 0.05) is 40.3 Å². The second-order valence-corrected chi connectivity index (χ2v) is 8.17. The van der Waals surface area contributed by atoms with Gasteiger partial charge in [-0.25, -0.2) is 4.79 Å². The molecule has 0 spiro atoms. The Balaban J connectivity index is 1.87. The van der Waals surface area contributed by atoms with Crippen molar-refractivity contribution in [3.63, 3.8) is 0 Å². The minimum Gasteiger partial charge on any atom is -0.369 e. The van der Waals surface area contributed by atoms with Crippen molar-refractivity contribution in [2.45, 2.75) is 13.0 Å². The third kappa shape index (κ3) is 8.05. The van der Waals surface area contributed by atoms with Crippen molar-refractivity contribution in [3.8, 4) is 0 Å². The minimum absolute atomic E-state index is 0.0773. The predicted molar refractivity (Wildman–Crippen MR) is 127 cm³/mol. The van der Waals surface area contributed by atoms with Gasteiger partial charge in [-0.1, -0.05) is 42.5 Å². The molecule has 2 amide bonds. The number of nitrogens with zero attached hydrogens (tertiary/aromatic N) is 4. The van der Waals surface area contributed by atoms with Gasteiger partial charge in [0.25, 0.3) is 0 Å². The maximum Gasteiger partial charge on any atom is 0.321 e. The highest BCUT2D eigenvalue weighted by Gasteiger charge is 2.13. The van der Waals surface area contributed by atoms with E-state index in [-0.39, 0.29) is 6.03 Å². The molecule has 2 rings (SSSR count). The van der Waals surface area contributed by atoms with Gasteiger partial charge < -0.3 is 24.9 Å². The van der Waals surface area contributed by atoms with E-state index in [2.05, 4.69) is 53.3 Å². The van der Waals surface area contributed by atoms with Gasteiger partial charge in [-0.15, -0.1) is 0 Å². The summed E-state index contributed by atoms with van der Waals surface area (Å²) in [6.45, 7) is 4.55. The number of urea groups is 1. The van der Waals surface area contributed by atoms with E-state index < -0.39 is 0 Å². The van der Waals surface area contributed by atoms with Crippen molar-refractivity contribution in [1.29, 1.82) is 0 Å². The molecule has 0 heterocycles. The molecule has 0 saturated carbocycles. The molecule has 0 bridgehead atoms. The van der Waals surface area contributed by atoms with E-state index in [1.54, 1.807) is 4.90 Å². The van der Waals surface area contributed by atoms with Crippen molar-refractivity contribution in [2.75, 3.05) is 71.6 Å². The van der Waals surface area contributed by atoms with Crippen LogP contribution in [0.15, 0.2) is 54.6 Å². The summed E-state index contributed by atoms with van der Waals surface area (Å²) in [7, 11) is 10.2. The predicted octanol–water partition coefficient (Wildman–Crippen LogP) is 3.67. The van der Waals surface area contributed by atoms with E-state index in [1.165, 1.54) is 5.56 Å². The number of carbonyl (C=O) groups excluding carboxylic acids is 1. The molecule has 0 unspecified atom stereocenters. The molecule has 6 nitrogen and oxygen atoms in total. The summed E-state index contributed by atoms with van der Waals surface area (Å²) in [5, 5.41) is 3.08. The highest BCUT2D eigenvalue weighted by Crippen LogP contribution is 2.26. The summed E-state index contributed by atoms with van der Waals surface area (Å²) < 4.78 is 0. The number of rotatable bonds is 11. The first-order chi connectivity index (χ1) is 14.4. The Labute approximate surface area is 182 Å². The van der Waals surface area contributed by atoms with Crippen LogP contribution in [-0.2, 0) is 6.54 Å². The molecule has 0 fully saturated rings. The quantitative estimate of drug-likeness (QED) is 0.613. The molecule has 0 aliphatic heterocycles. The number of nitrogens with one attached hydrogen (secondary N) is 1. The number of likely N-dealkylation sites (N-methyl/N-ethyl adjacent to an activating group) is 2. The molecule has 2 aromatic carbocycles. The molecular formula is C24H37N5O. The lowest BCUT2D eigenvalue weighted by Gasteiger charge is -2.25. The van der Waals surface area contributed by atoms with Gasteiger partial charge in [-0.3, -0.25) is 0 Å². The first kappa shape index (κ1) is 23.7. The molecule has 0 radical (unpaired) electrons. The zero-order valence-electron chi connectivity index (χ0n) is 19.1. The number of hydrogen-bond acceptors (Lipinski definition) is 4. The molecule has 30 heavy (non-hydrogen) atoms. The molecule has 0 atom stereocenters. The van der Waals surface area contributed by atoms with E-state index >= 15 is 0 Å². The number of carbonyl (C=O) groups is 1. The maximum absolute atomic E-state index is 12.7. The second kappa shape index (κ2) is 12.2. The zero-order valence-corrected chi connectivity index (χ0v) is 19.1. The smallest absolute Gasteiger partial charge is 0.321 e. The Morgan fingerprint density at radius 3 is 2.17 bits per heavy atom. The first-order valence-electron chi connectivity index (χ1n) is 10.6. The second-order valence-electron chi connectivity index (χ2n) is 8.17. The number of hydrogen-bond donors (Lipinski definition) is 1. The van der Waals surface area contributed by atoms with Crippen LogP contribution in [0.3, 0.4) is 0 Å². The molecule has 0 aliphatic rings. The number of amides is 2. The summed E-state index contributed by atoms with van der Waals surface area (Å²) in [6, 6.07) is 18.2. The lowest BCUT2D eigenvalue weighted by molar-refractivity contribution is 0.217. The lowest BCUT2D eigenvalue weighted by atomic mass is 10.2. The fourth-order valence-corrected chi connectivity index (χ4v) is 3.23. The van der Waals surface area contributed by atoms with Crippen LogP contribution in [0.4, 0.5) is 16.2 Å². The molecule has 2 aromatic rings. The van der Waals surface area contributed by atoms with Crippen LogP contribution >= 0.6 is 0 Å². The Bertz CT molecular complexity index is 765. The minimum atomic E-state index is -0.0773. The fourth-order valence-electron chi connectivity index (χ4n) is 3.23. The summed E-state index contributed by atoms with van der Waals surface area (Å²) in [5.41, 5.74) is 3.07. The Kier molecular flexibility index (Phi) is 9.64. The molecule has 164 valence electrons. The topological polar surface area (TPSA) is 42.1 Å². The highest BCUT2D eigenvalue weighted by atomic mass is 16.2.